The van der Waals surface area contributed by atoms with Crippen LogP contribution in [0.25, 0.3) is 0 Å². The molecule has 184 valence electrons. The molecule has 4 rings (SSSR count). The molecule has 8 heteroatoms. The number of nitrogens with zero attached hydrogens (tertiary/aromatic N) is 2. The van der Waals surface area contributed by atoms with E-state index in [1.165, 1.54) is 11.3 Å². The van der Waals surface area contributed by atoms with Crippen LogP contribution in [-0.2, 0) is 16.0 Å². The maximum absolute atomic E-state index is 13.2. The van der Waals surface area contributed by atoms with Gasteiger partial charge in [-0.15, -0.1) is 11.3 Å². The Balaban J connectivity index is 1.72. The summed E-state index contributed by atoms with van der Waals surface area (Å²) in [5, 5.41) is 24.9. The number of thiazole rings is 1. The lowest BCUT2D eigenvalue weighted by Gasteiger charge is -2.58. The second kappa shape index (κ2) is 9.27. The average Bonchev–Trinajstić information content (AvgIpc) is 3.14. The highest BCUT2D eigenvalue weighted by Gasteiger charge is 2.59. The van der Waals surface area contributed by atoms with E-state index in [0.29, 0.717) is 37.5 Å². The van der Waals surface area contributed by atoms with Gasteiger partial charge in [-0.25, -0.2) is 4.98 Å². The quantitative estimate of drug-likeness (QED) is 0.557. The molecular weight excluding hydrogens is 438 g/mol. The number of anilines is 1. The van der Waals surface area contributed by atoms with Gasteiger partial charge in [0, 0.05) is 41.6 Å². The van der Waals surface area contributed by atoms with Crippen molar-refractivity contribution in [2.24, 2.45) is 22.7 Å². The highest BCUT2D eigenvalue weighted by Crippen LogP contribution is 2.63. The summed E-state index contributed by atoms with van der Waals surface area (Å²) >= 11 is 1.50. The molecule has 2 fully saturated rings. The van der Waals surface area contributed by atoms with Crippen molar-refractivity contribution < 1.29 is 19.8 Å². The monoisotopic (exact) mass is 477 g/mol. The molecular formula is C25H39N3O4S. The van der Waals surface area contributed by atoms with Crippen LogP contribution in [0.3, 0.4) is 0 Å². The third-order valence-corrected chi connectivity index (χ3v) is 10.1. The van der Waals surface area contributed by atoms with Gasteiger partial charge >= 0.3 is 0 Å². The lowest BCUT2D eigenvalue weighted by Crippen LogP contribution is -2.57. The summed E-state index contributed by atoms with van der Waals surface area (Å²) in [6.07, 6.45) is 4.84. The fraction of sp³-hybridized carbons (Fsp3) is 0.800. The van der Waals surface area contributed by atoms with E-state index >= 15 is 0 Å². The molecule has 0 bridgehead atoms. The van der Waals surface area contributed by atoms with E-state index in [0.717, 1.165) is 36.3 Å². The van der Waals surface area contributed by atoms with E-state index in [-0.39, 0.29) is 41.6 Å². The molecule has 0 spiro atoms. The van der Waals surface area contributed by atoms with E-state index in [1.54, 1.807) is 0 Å². The van der Waals surface area contributed by atoms with Crippen molar-refractivity contribution in [1.82, 2.24) is 9.88 Å². The molecule has 0 radical (unpaired) electrons. The summed E-state index contributed by atoms with van der Waals surface area (Å²) < 4.78 is 0. The molecule has 3 aliphatic carbocycles. The fourth-order valence-electron chi connectivity index (χ4n) is 6.46. The molecule has 0 aromatic carbocycles. The standard InChI is InChI=1S/C25H39N3O4S/c1-5-28(6-2)20(31)12-16-21-17(33-23(26-21)27-22(32)15-8-7-9-15)13-18-24(16,3)11-10-19(30)25(18,4)14-29/h15-16,18-19,29-30H,5-14H2,1-4H3,(H,26,27,32)/t16-,18+,19-,24+,25+/m1/s1. The summed E-state index contributed by atoms with van der Waals surface area (Å²) in [7, 11) is 0. The van der Waals surface area contributed by atoms with Gasteiger partial charge < -0.3 is 20.4 Å². The predicted octanol–water partition coefficient (Wildman–Crippen LogP) is 3.56. The summed E-state index contributed by atoms with van der Waals surface area (Å²) in [5.74, 6) is 0.156. The Labute approximate surface area is 201 Å². The summed E-state index contributed by atoms with van der Waals surface area (Å²) in [4.78, 5) is 33.7. The molecule has 0 unspecified atom stereocenters. The Morgan fingerprint density at radius 2 is 1.91 bits per heavy atom. The molecule has 2 amide bonds. The Morgan fingerprint density at radius 1 is 1.21 bits per heavy atom. The molecule has 7 nitrogen and oxygen atoms in total. The maximum Gasteiger partial charge on any atom is 0.229 e. The van der Waals surface area contributed by atoms with Crippen LogP contribution in [0.2, 0.25) is 0 Å². The lowest BCUT2D eigenvalue weighted by molar-refractivity contribution is -0.147. The number of fused-ring (bicyclic) bond motifs is 2. The van der Waals surface area contributed by atoms with Crippen molar-refractivity contribution in [2.45, 2.75) is 84.7 Å². The van der Waals surface area contributed by atoms with E-state index in [2.05, 4.69) is 12.2 Å². The number of aromatic nitrogens is 1. The van der Waals surface area contributed by atoms with Crippen molar-refractivity contribution in [3.05, 3.63) is 10.6 Å². The fourth-order valence-corrected chi connectivity index (χ4v) is 7.53. The average molecular weight is 478 g/mol. The number of amides is 2. The molecule has 0 saturated heterocycles. The van der Waals surface area contributed by atoms with Crippen molar-refractivity contribution in [2.75, 3.05) is 25.0 Å². The van der Waals surface area contributed by atoms with Gasteiger partial charge in [0.25, 0.3) is 0 Å². The normalized spacial score (nSPS) is 33.6. The van der Waals surface area contributed by atoms with Gasteiger partial charge in [0.05, 0.1) is 18.4 Å². The number of carbonyl (C=O) groups excluding carboxylic acids is 2. The second-order valence-electron chi connectivity index (χ2n) is 10.7. The molecule has 2 saturated carbocycles. The number of rotatable bonds is 7. The number of hydrogen-bond acceptors (Lipinski definition) is 6. The van der Waals surface area contributed by atoms with Crippen molar-refractivity contribution in [3.8, 4) is 0 Å². The van der Waals surface area contributed by atoms with Gasteiger partial charge in [-0.1, -0.05) is 20.3 Å². The second-order valence-corrected chi connectivity index (χ2v) is 11.8. The minimum absolute atomic E-state index is 0.0244. The lowest BCUT2D eigenvalue weighted by atomic mass is 9.47. The van der Waals surface area contributed by atoms with Crippen LogP contribution in [0.4, 0.5) is 5.13 Å². The molecule has 1 aromatic rings. The van der Waals surface area contributed by atoms with Gasteiger partial charge in [0.15, 0.2) is 5.13 Å². The third-order valence-electron chi connectivity index (χ3n) is 9.09. The van der Waals surface area contributed by atoms with E-state index < -0.39 is 11.5 Å². The van der Waals surface area contributed by atoms with Gasteiger partial charge in [0.1, 0.15) is 0 Å². The van der Waals surface area contributed by atoms with Gasteiger partial charge in [0.2, 0.25) is 11.8 Å². The van der Waals surface area contributed by atoms with Crippen molar-refractivity contribution >= 4 is 28.3 Å². The Kier molecular flexibility index (Phi) is 6.91. The van der Waals surface area contributed by atoms with Crippen molar-refractivity contribution in [1.29, 1.82) is 0 Å². The van der Waals surface area contributed by atoms with E-state index in [4.69, 9.17) is 4.98 Å². The minimum Gasteiger partial charge on any atom is -0.396 e. The van der Waals surface area contributed by atoms with Gasteiger partial charge in [-0.3, -0.25) is 9.59 Å². The highest BCUT2D eigenvalue weighted by atomic mass is 32.1. The smallest absolute Gasteiger partial charge is 0.229 e. The molecule has 1 aromatic heterocycles. The zero-order valence-corrected chi connectivity index (χ0v) is 21.2. The molecule has 3 aliphatic rings. The van der Waals surface area contributed by atoms with Gasteiger partial charge in [-0.2, -0.15) is 0 Å². The first-order valence-corrected chi connectivity index (χ1v) is 13.4. The highest BCUT2D eigenvalue weighted by molar-refractivity contribution is 7.15. The first kappa shape index (κ1) is 24.6. The van der Waals surface area contributed by atoms with Crippen LogP contribution in [0.1, 0.15) is 82.7 Å². The number of aliphatic hydroxyl groups is 2. The Hall–Kier alpha value is -1.51. The first-order valence-electron chi connectivity index (χ1n) is 12.5. The maximum atomic E-state index is 13.2. The zero-order chi connectivity index (χ0) is 24.0. The molecule has 3 N–H and O–H groups in total. The van der Waals surface area contributed by atoms with Crippen LogP contribution in [0.15, 0.2) is 0 Å². The van der Waals surface area contributed by atoms with Crippen LogP contribution in [0, 0.1) is 22.7 Å². The molecule has 33 heavy (non-hydrogen) atoms. The SMILES string of the molecule is CCN(CC)C(=O)C[C@@H]1c2nc(NC(=O)C3CCC3)sc2C[C@@H]2[C@](C)(CO)[C@H](O)CC[C@]21C. The molecule has 5 atom stereocenters. The van der Waals surface area contributed by atoms with Gasteiger partial charge in [-0.05, 0) is 57.3 Å². The Morgan fingerprint density at radius 3 is 2.48 bits per heavy atom. The Bertz CT molecular complexity index is 896. The summed E-state index contributed by atoms with van der Waals surface area (Å²) in [6.45, 7) is 9.43. The molecule has 0 aliphatic heterocycles. The topological polar surface area (TPSA) is 103 Å². The number of aliphatic hydroxyl groups excluding tert-OH is 2. The third kappa shape index (κ3) is 4.12. The first-order chi connectivity index (χ1) is 15.7. The molecule has 1 heterocycles. The van der Waals surface area contributed by atoms with Crippen molar-refractivity contribution in [3.63, 3.8) is 0 Å². The number of hydrogen-bond donors (Lipinski definition) is 3. The van der Waals surface area contributed by atoms with E-state index in [1.807, 2.05) is 25.7 Å². The van der Waals surface area contributed by atoms with Crippen LogP contribution in [0.5, 0.6) is 0 Å². The summed E-state index contributed by atoms with van der Waals surface area (Å²) in [5.41, 5.74) is 0.0240. The van der Waals surface area contributed by atoms with Crippen LogP contribution in [-0.4, -0.2) is 57.7 Å². The zero-order valence-electron chi connectivity index (χ0n) is 20.4. The summed E-state index contributed by atoms with van der Waals surface area (Å²) in [6, 6.07) is 0. The number of nitrogens with one attached hydrogen (secondary N) is 1. The van der Waals surface area contributed by atoms with E-state index in [9.17, 15) is 19.8 Å². The number of carbonyl (C=O) groups is 2. The predicted molar refractivity (Wildman–Crippen MR) is 129 cm³/mol. The van der Waals surface area contributed by atoms with Crippen LogP contribution >= 0.6 is 11.3 Å². The largest absolute Gasteiger partial charge is 0.396 e. The van der Waals surface area contributed by atoms with Crippen LogP contribution < -0.4 is 5.32 Å². The minimum atomic E-state index is -0.638.